The van der Waals surface area contributed by atoms with Crippen LogP contribution in [0, 0.1) is 13.8 Å². The van der Waals surface area contributed by atoms with Crippen molar-refractivity contribution in [3.63, 3.8) is 0 Å². The van der Waals surface area contributed by atoms with Gasteiger partial charge in [0, 0.05) is 17.0 Å². The average molecular weight is 450 g/mol. The highest BCUT2D eigenvalue weighted by atomic mass is 16.2. The maximum atomic E-state index is 13.5. The van der Waals surface area contributed by atoms with E-state index in [1.54, 1.807) is 6.07 Å². The van der Waals surface area contributed by atoms with E-state index in [-0.39, 0.29) is 24.0 Å². The molecule has 170 valence electrons. The van der Waals surface area contributed by atoms with Crippen molar-refractivity contribution >= 4 is 11.7 Å². The van der Waals surface area contributed by atoms with Gasteiger partial charge in [-0.15, -0.1) is 0 Å². The summed E-state index contributed by atoms with van der Waals surface area (Å²) in [5.41, 5.74) is 6.48. The van der Waals surface area contributed by atoms with Crippen LogP contribution in [0.4, 0.5) is 0 Å². The minimum atomic E-state index is -0.618. The van der Waals surface area contributed by atoms with Gasteiger partial charge in [0.05, 0.1) is 29.5 Å². The maximum Gasteiger partial charge on any atom is 0.251 e. The Hall–Kier alpha value is -3.99. The predicted molar refractivity (Wildman–Crippen MR) is 132 cm³/mol. The molecule has 34 heavy (non-hydrogen) atoms. The van der Waals surface area contributed by atoms with Gasteiger partial charge in [-0.25, -0.2) is 4.68 Å². The molecule has 2 atom stereocenters. The number of benzene rings is 3. The SMILES string of the molecule is Cc1cccc(C(=O)N[C@@H]2C(=O)Cc3c(c(C)nn3-c3ccccc3)[C@@H]2Cc2ccccc2)c1. The molecule has 1 N–H and O–H groups in total. The first-order chi connectivity index (χ1) is 16.5. The van der Waals surface area contributed by atoms with Gasteiger partial charge in [-0.1, -0.05) is 66.2 Å². The van der Waals surface area contributed by atoms with Crippen LogP contribution in [-0.2, 0) is 17.6 Å². The number of Topliss-reactive ketones (excluding diaryl/α,β-unsaturated/α-hetero) is 1. The smallest absolute Gasteiger partial charge is 0.251 e. The lowest BCUT2D eigenvalue weighted by molar-refractivity contribution is -0.121. The fourth-order valence-corrected chi connectivity index (χ4v) is 4.97. The number of ketones is 1. The molecule has 5 heteroatoms. The van der Waals surface area contributed by atoms with Gasteiger partial charge in [-0.05, 0) is 50.1 Å². The highest BCUT2D eigenvalue weighted by molar-refractivity contribution is 5.99. The second-order valence-electron chi connectivity index (χ2n) is 8.95. The number of para-hydroxylation sites is 1. The molecule has 1 amide bonds. The molecule has 1 heterocycles. The molecule has 0 unspecified atom stereocenters. The van der Waals surface area contributed by atoms with Crippen molar-refractivity contribution in [1.82, 2.24) is 15.1 Å². The predicted octanol–water partition coefficient (Wildman–Crippen LogP) is 4.74. The normalized spacial score (nSPS) is 17.3. The molecule has 3 aromatic carbocycles. The monoisotopic (exact) mass is 449 g/mol. The third-order valence-electron chi connectivity index (χ3n) is 6.53. The van der Waals surface area contributed by atoms with Crippen LogP contribution >= 0.6 is 0 Å². The zero-order valence-corrected chi connectivity index (χ0v) is 19.4. The Morgan fingerprint density at radius 3 is 2.38 bits per heavy atom. The summed E-state index contributed by atoms with van der Waals surface area (Å²) in [6.45, 7) is 3.94. The molecule has 0 fully saturated rings. The number of hydrogen-bond donors (Lipinski definition) is 1. The van der Waals surface area contributed by atoms with Crippen LogP contribution in [-0.4, -0.2) is 27.5 Å². The number of nitrogens with one attached hydrogen (secondary N) is 1. The van der Waals surface area contributed by atoms with Crippen LogP contribution in [0.25, 0.3) is 5.69 Å². The minimum absolute atomic E-state index is 0.00603. The maximum absolute atomic E-state index is 13.5. The Kier molecular flexibility index (Phi) is 5.84. The van der Waals surface area contributed by atoms with Crippen LogP contribution in [0.1, 0.15) is 44.4 Å². The van der Waals surface area contributed by atoms with Gasteiger partial charge in [0.15, 0.2) is 5.78 Å². The Bertz CT molecular complexity index is 1340. The molecule has 0 saturated carbocycles. The van der Waals surface area contributed by atoms with Crippen molar-refractivity contribution in [3.8, 4) is 5.69 Å². The Morgan fingerprint density at radius 2 is 1.68 bits per heavy atom. The van der Waals surface area contributed by atoms with E-state index in [9.17, 15) is 9.59 Å². The summed E-state index contributed by atoms with van der Waals surface area (Å²) in [6.07, 6.45) is 0.870. The van der Waals surface area contributed by atoms with Gasteiger partial charge >= 0.3 is 0 Å². The fourth-order valence-electron chi connectivity index (χ4n) is 4.97. The summed E-state index contributed by atoms with van der Waals surface area (Å²) in [6, 6.07) is 26.8. The van der Waals surface area contributed by atoms with E-state index in [2.05, 4.69) is 17.4 Å². The molecule has 0 aliphatic heterocycles. The summed E-state index contributed by atoms with van der Waals surface area (Å²) in [5.74, 6) is -0.423. The summed E-state index contributed by atoms with van der Waals surface area (Å²) in [5, 5.41) is 7.90. The first-order valence-corrected chi connectivity index (χ1v) is 11.6. The summed E-state index contributed by atoms with van der Waals surface area (Å²) in [4.78, 5) is 26.7. The quantitative estimate of drug-likeness (QED) is 0.479. The Labute approximate surface area is 199 Å². The van der Waals surface area contributed by atoms with Gasteiger partial charge in [0.1, 0.15) is 0 Å². The first-order valence-electron chi connectivity index (χ1n) is 11.6. The lowest BCUT2D eigenvalue weighted by Crippen LogP contribution is -2.49. The standard InChI is InChI=1S/C29H27N3O2/c1-19-10-9-13-22(16-19)29(34)30-28-24(17-21-11-5-3-6-12-21)27-20(2)31-32(25(27)18-26(28)33)23-14-7-4-8-15-23/h3-16,24,28H,17-18H2,1-2H3,(H,30,34)/t24-,28-/m0/s1. The second kappa shape index (κ2) is 9.10. The van der Waals surface area contributed by atoms with Crippen LogP contribution < -0.4 is 5.32 Å². The van der Waals surface area contributed by atoms with E-state index < -0.39 is 6.04 Å². The average Bonchev–Trinajstić information content (AvgIpc) is 3.18. The number of fused-ring (bicyclic) bond motifs is 1. The van der Waals surface area contributed by atoms with Crippen LogP contribution in [0.3, 0.4) is 0 Å². The van der Waals surface area contributed by atoms with Gasteiger partial charge in [0.25, 0.3) is 5.91 Å². The molecule has 0 spiro atoms. The molecule has 1 aliphatic rings. The number of carbonyl (C=O) groups excluding carboxylic acids is 2. The van der Waals surface area contributed by atoms with E-state index in [0.29, 0.717) is 12.0 Å². The Morgan fingerprint density at radius 1 is 0.971 bits per heavy atom. The third kappa shape index (κ3) is 4.17. The number of hydrogen-bond acceptors (Lipinski definition) is 3. The Balaban J connectivity index is 1.57. The second-order valence-corrected chi connectivity index (χ2v) is 8.95. The largest absolute Gasteiger partial charge is 0.342 e. The summed E-state index contributed by atoms with van der Waals surface area (Å²) >= 11 is 0. The molecular weight excluding hydrogens is 422 g/mol. The zero-order chi connectivity index (χ0) is 23.7. The van der Waals surface area contributed by atoms with Crippen LogP contribution in [0.15, 0.2) is 84.9 Å². The molecular formula is C29H27N3O2. The van der Waals surface area contributed by atoms with Gasteiger partial charge in [0.2, 0.25) is 0 Å². The number of carbonyl (C=O) groups is 2. The van der Waals surface area contributed by atoms with E-state index in [4.69, 9.17) is 5.10 Å². The molecule has 5 rings (SSSR count). The number of rotatable bonds is 5. The molecule has 1 aliphatic carbocycles. The highest BCUT2D eigenvalue weighted by Crippen LogP contribution is 2.36. The van der Waals surface area contributed by atoms with E-state index in [1.807, 2.05) is 85.3 Å². The van der Waals surface area contributed by atoms with Crippen molar-refractivity contribution in [2.24, 2.45) is 0 Å². The van der Waals surface area contributed by atoms with Crippen molar-refractivity contribution < 1.29 is 9.59 Å². The molecule has 1 aromatic heterocycles. The zero-order valence-electron chi connectivity index (χ0n) is 19.4. The van der Waals surface area contributed by atoms with Gasteiger partial charge in [-0.2, -0.15) is 5.10 Å². The molecule has 5 nitrogen and oxygen atoms in total. The van der Waals surface area contributed by atoms with Crippen molar-refractivity contribution in [1.29, 1.82) is 0 Å². The highest BCUT2D eigenvalue weighted by Gasteiger charge is 2.40. The molecule has 0 bridgehead atoms. The summed E-state index contributed by atoms with van der Waals surface area (Å²) in [7, 11) is 0. The van der Waals surface area contributed by atoms with Gasteiger partial charge in [-0.3, -0.25) is 9.59 Å². The lowest BCUT2D eigenvalue weighted by Gasteiger charge is -2.32. The number of nitrogens with zero attached hydrogens (tertiary/aromatic N) is 2. The first kappa shape index (κ1) is 21.8. The number of amides is 1. The van der Waals surface area contributed by atoms with E-state index in [0.717, 1.165) is 33.8 Å². The van der Waals surface area contributed by atoms with Gasteiger partial charge < -0.3 is 5.32 Å². The van der Waals surface area contributed by atoms with Crippen LogP contribution in [0.2, 0.25) is 0 Å². The topological polar surface area (TPSA) is 64.0 Å². The number of aromatic nitrogens is 2. The van der Waals surface area contributed by atoms with Crippen molar-refractivity contribution in [2.45, 2.75) is 38.6 Å². The fraction of sp³-hybridized carbons (Fsp3) is 0.207. The van der Waals surface area contributed by atoms with E-state index in [1.165, 1.54) is 0 Å². The minimum Gasteiger partial charge on any atom is -0.342 e. The lowest BCUT2D eigenvalue weighted by atomic mass is 9.77. The van der Waals surface area contributed by atoms with Crippen molar-refractivity contribution in [2.75, 3.05) is 0 Å². The molecule has 0 saturated heterocycles. The summed E-state index contributed by atoms with van der Waals surface area (Å²) < 4.78 is 1.89. The van der Waals surface area contributed by atoms with Crippen molar-refractivity contribution in [3.05, 3.63) is 119 Å². The number of aryl methyl sites for hydroxylation is 2. The molecule has 0 radical (unpaired) electrons. The van der Waals surface area contributed by atoms with E-state index >= 15 is 0 Å². The molecule has 4 aromatic rings. The third-order valence-corrected chi connectivity index (χ3v) is 6.53. The van der Waals surface area contributed by atoms with Crippen LogP contribution in [0.5, 0.6) is 0 Å².